The van der Waals surface area contributed by atoms with Crippen LogP contribution >= 0.6 is 0 Å². The fraction of sp³-hybridized carbons (Fsp3) is 0.476. The molecule has 0 aliphatic carbocycles. The number of rotatable bonds is 6. The molecule has 1 aromatic heterocycles. The largest absolute Gasteiger partial charge is 0.351 e. The Kier molecular flexibility index (Phi) is 6.38. The minimum absolute atomic E-state index is 0.665. The molecule has 142 valence electrons. The summed E-state index contributed by atoms with van der Waals surface area (Å²) in [6.45, 7) is 10.7. The van der Waals surface area contributed by atoms with Gasteiger partial charge in [-0.15, -0.1) is 5.10 Å². The highest BCUT2D eigenvalue weighted by Crippen LogP contribution is 2.22. The molecule has 1 fully saturated rings. The average Bonchev–Trinajstić information content (AvgIpc) is 2.69. The smallest absolute Gasteiger partial charge is 0.169 e. The van der Waals surface area contributed by atoms with Gasteiger partial charge in [-0.2, -0.15) is 10.4 Å². The SMILES string of the molecule is Cc1nnc(N2CCN(CCN(C)Cc3ccccc3)CC2)c(C#N)c1C. The third kappa shape index (κ3) is 4.82. The molecule has 0 atom stereocenters. The van der Waals surface area contributed by atoms with Crippen LogP contribution in [0.4, 0.5) is 5.82 Å². The van der Waals surface area contributed by atoms with Crippen molar-refractivity contribution in [1.82, 2.24) is 20.0 Å². The Morgan fingerprint density at radius 3 is 2.44 bits per heavy atom. The highest BCUT2D eigenvalue weighted by atomic mass is 15.3. The number of aromatic nitrogens is 2. The molecule has 0 spiro atoms. The lowest BCUT2D eigenvalue weighted by molar-refractivity contribution is 0.212. The summed E-state index contributed by atoms with van der Waals surface area (Å²) in [5, 5.41) is 18.0. The lowest BCUT2D eigenvalue weighted by Crippen LogP contribution is -2.48. The normalized spacial score (nSPS) is 15.1. The van der Waals surface area contributed by atoms with Gasteiger partial charge in [0.25, 0.3) is 0 Å². The van der Waals surface area contributed by atoms with Gasteiger partial charge in [0.15, 0.2) is 5.82 Å². The molecule has 1 aromatic carbocycles. The van der Waals surface area contributed by atoms with Crippen molar-refractivity contribution in [2.24, 2.45) is 0 Å². The fourth-order valence-corrected chi connectivity index (χ4v) is 3.42. The summed E-state index contributed by atoms with van der Waals surface area (Å²) in [4.78, 5) is 7.05. The number of nitriles is 1. The Morgan fingerprint density at radius 2 is 1.78 bits per heavy atom. The van der Waals surface area contributed by atoms with Gasteiger partial charge < -0.3 is 9.80 Å². The molecule has 0 N–H and O–H groups in total. The van der Waals surface area contributed by atoms with Crippen LogP contribution in [0.2, 0.25) is 0 Å². The Hall–Kier alpha value is -2.49. The van der Waals surface area contributed by atoms with Crippen molar-refractivity contribution < 1.29 is 0 Å². The summed E-state index contributed by atoms with van der Waals surface area (Å²) in [6.07, 6.45) is 0. The molecule has 0 radical (unpaired) electrons. The monoisotopic (exact) mass is 364 g/mol. The van der Waals surface area contributed by atoms with E-state index < -0.39 is 0 Å². The summed E-state index contributed by atoms with van der Waals surface area (Å²) in [6, 6.07) is 12.9. The van der Waals surface area contributed by atoms with Crippen LogP contribution in [0, 0.1) is 25.2 Å². The van der Waals surface area contributed by atoms with Crippen LogP contribution in [0.1, 0.15) is 22.4 Å². The standard InChI is InChI=1S/C21H28N6/c1-17-18(2)23-24-21(20(17)15-22)27-13-11-26(12-14-27)10-9-25(3)16-19-7-5-4-6-8-19/h4-8H,9-14,16H2,1-3H3. The van der Waals surface area contributed by atoms with Crippen LogP contribution in [0.25, 0.3) is 0 Å². The second kappa shape index (κ2) is 8.94. The Bertz CT molecular complexity index is 790. The summed E-state index contributed by atoms with van der Waals surface area (Å²) in [5.74, 6) is 0.737. The lowest BCUT2D eigenvalue weighted by Gasteiger charge is -2.36. The van der Waals surface area contributed by atoms with Crippen molar-refractivity contribution in [1.29, 1.82) is 5.26 Å². The van der Waals surface area contributed by atoms with E-state index in [2.05, 4.69) is 68.3 Å². The van der Waals surface area contributed by atoms with Gasteiger partial charge in [0, 0.05) is 45.8 Å². The molecule has 6 heteroatoms. The first-order valence-corrected chi connectivity index (χ1v) is 9.52. The third-order valence-electron chi connectivity index (χ3n) is 5.31. The van der Waals surface area contributed by atoms with E-state index in [1.807, 2.05) is 13.8 Å². The maximum atomic E-state index is 9.51. The molecule has 2 heterocycles. The average molecular weight is 364 g/mol. The van der Waals surface area contributed by atoms with Crippen molar-refractivity contribution in [3.8, 4) is 6.07 Å². The highest BCUT2D eigenvalue weighted by Gasteiger charge is 2.22. The Balaban J connectivity index is 1.50. The van der Waals surface area contributed by atoms with Crippen LogP contribution in [0.3, 0.4) is 0 Å². The predicted molar refractivity (Wildman–Crippen MR) is 108 cm³/mol. The van der Waals surface area contributed by atoms with E-state index in [-0.39, 0.29) is 0 Å². The highest BCUT2D eigenvalue weighted by molar-refractivity contribution is 5.57. The van der Waals surface area contributed by atoms with Crippen LogP contribution in [-0.2, 0) is 6.54 Å². The molecule has 0 bridgehead atoms. The zero-order chi connectivity index (χ0) is 19.2. The van der Waals surface area contributed by atoms with Crippen LogP contribution < -0.4 is 4.90 Å². The van der Waals surface area contributed by atoms with Crippen molar-refractivity contribution in [3.63, 3.8) is 0 Å². The Morgan fingerprint density at radius 1 is 1.07 bits per heavy atom. The number of nitrogens with zero attached hydrogens (tertiary/aromatic N) is 6. The molecular weight excluding hydrogens is 336 g/mol. The zero-order valence-corrected chi connectivity index (χ0v) is 16.5. The maximum absolute atomic E-state index is 9.51. The number of aryl methyl sites for hydroxylation is 1. The maximum Gasteiger partial charge on any atom is 0.169 e. The van der Waals surface area contributed by atoms with E-state index in [4.69, 9.17) is 0 Å². The van der Waals surface area contributed by atoms with Crippen molar-refractivity contribution in [2.45, 2.75) is 20.4 Å². The van der Waals surface area contributed by atoms with Crippen molar-refractivity contribution in [3.05, 3.63) is 52.7 Å². The van der Waals surface area contributed by atoms with Gasteiger partial charge in [0.2, 0.25) is 0 Å². The minimum Gasteiger partial charge on any atom is -0.351 e. The first kappa shape index (κ1) is 19.3. The van der Waals surface area contributed by atoms with Crippen molar-refractivity contribution >= 4 is 5.82 Å². The first-order valence-electron chi connectivity index (χ1n) is 9.52. The van der Waals surface area contributed by atoms with Gasteiger partial charge in [0.1, 0.15) is 11.6 Å². The lowest BCUT2D eigenvalue weighted by atomic mass is 10.1. The van der Waals surface area contributed by atoms with Crippen LogP contribution in [-0.4, -0.2) is 66.3 Å². The number of hydrogen-bond acceptors (Lipinski definition) is 6. The van der Waals surface area contributed by atoms with E-state index in [1.165, 1.54) is 5.56 Å². The molecule has 6 nitrogen and oxygen atoms in total. The second-order valence-electron chi connectivity index (χ2n) is 7.27. The summed E-state index contributed by atoms with van der Waals surface area (Å²) in [7, 11) is 2.17. The molecule has 27 heavy (non-hydrogen) atoms. The van der Waals surface area contributed by atoms with E-state index in [9.17, 15) is 5.26 Å². The molecule has 3 rings (SSSR count). The van der Waals surface area contributed by atoms with E-state index in [1.54, 1.807) is 0 Å². The number of likely N-dealkylation sites (N-methyl/N-ethyl adjacent to an activating group) is 1. The molecule has 1 aliphatic heterocycles. The predicted octanol–water partition coefficient (Wildman–Crippen LogP) is 2.22. The molecule has 0 amide bonds. The minimum atomic E-state index is 0.665. The van der Waals surface area contributed by atoms with Gasteiger partial charge in [-0.1, -0.05) is 30.3 Å². The zero-order valence-electron chi connectivity index (χ0n) is 16.5. The first-order chi connectivity index (χ1) is 13.1. The molecular formula is C21H28N6. The van der Waals surface area contributed by atoms with Gasteiger partial charge >= 0.3 is 0 Å². The van der Waals surface area contributed by atoms with E-state index >= 15 is 0 Å². The Labute approximate surface area is 162 Å². The number of piperazine rings is 1. The summed E-state index contributed by atoms with van der Waals surface area (Å²) < 4.78 is 0. The molecule has 1 aliphatic rings. The van der Waals surface area contributed by atoms with Gasteiger partial charge in [-0.05, 0) is 32.0 Å². The molecule has 0 saturated carbocycles. The number of hydrogen-bond donors (Lipinski definition) is 0. The van der Waals surface area contributed by atoms with Crippen LogP contribution in [0.5, 0.6) is 0 Å². The number of benzene rings is 1. The van der Waals surface area contributed by atoms with Gasteiger partial charge in [-0.25, -0.2) is 0 Å². The van der Waals surface area contributed by atoms with Crippen molar-refractivity contribution in [2.75, 3.05) is 51.2 Å². The number of anilines is 1. The topological polar surface area (TPSA) is 59.3 Å². The molecule has 1 saturated heterocycles. The van der Waals surface area contributed by atoms with Crippen LogP contribution in [0.15, 0.2) is 30.3 Å². The molecule has 2 aromatic rings. The van der Waals surface area contributed by atoms with E-state index in [0.29, 0.717) is 5.56 Å². The fourth-order valence-electron chi connectivity index (χ4n) is 3.42. The third-order valence-corrected chi connectivity index (χ3v) is 5.31. The van der Waals surface area contributed by atoms with E-state index in [0.717, 1.165) is 62.9 Å². The summed E-state index contributed by atoms with van der Waals surface area (Å²) >= 11 is 0. The summed E-state index contributed by atoms with van der Waals surface area (Å²) in [5.41, 5.74) is 3.78. The molecule has 0 unspecified atom stereocenters. The van der Waals surface area contributed by atoms with Gasteiger partial charge in [-0.3, -0.25) is 4.90 Å². The quantitative estimate of drug-likeness (QED) is 0.783. The van der Waals surface area contributed by atoms with Gasteiger partial charge in [0.05, 0.1) is 5.69 Å². The second-order valence-corrected chi connectivity index (χ2v) is 7.27.